The van der Waals surface area contributed by atoms with Gasteiger partial charge in [0.1, 0.15) is 104 Å². The Morgan fingerprint density at radius 1 is 0.494 bits per heavy atom. The van der Waals surface area contributed by atoms with Crippen molar-refractivity contribution in [2.24, 2.45) is 52.8 Å². The summed E-state index contributed by atoms with van der Waals surface area (Å²) in [5, 5.41) is 200. The van der Waals surface area contributed by atoms with Gasteiger partial charge in [0.05, 0.1) is 64.1 Å². The molecule has 4 saturated carbocycles. The van der Waals surface area contributed by atoms with Crippen molar-refractivity contribution in [3.63, 3.8) is 0 Å². The van der Waals surface area contributed by atoms with Crippen LogP contribution in [0.4, 0.5) is 0 Å². The van der Waals surface area contributed by atoms with Gasteiger partial charge in [-0.3, -0.25) is 0 Å². The van der Waals surface area contributed by atoms with Crippen LogP contribution in [0.15, 0.2) is 0 Å². The summed E-state index contributed by atoms with van der Waals surface area (Å²) in [6, 6.07) is 0. The highest BCUT2D eigenvalue weighted by molar-refractivity contribution is 5.15. The number of hydrogen-bond donors (Lipinski definition) is 18. The van der Waals surface area contributed by atoms with E-state index in [-0.39, 0.29) is 52.9 Å². The SMILES string of the molecule is C[C@@H]1CC[C@@]2(OC1)O[C@@H]1[C@@H](C3CC[C@H]4[C@@H](CC[C@H]5C[C@@H](O[C@@H]6O[C@H](CO)[C@H](O[C@@H]7O[C@H](CO)[C@@H](O)[C@H](O[C@@H]8OC[C@@H](O)[C@H](O)[C@H]8O)[C@H]7O[C@@H]7O[C@H](CO)[C@H](O)[C@](O)(O[C@@H]8O[C@H](CO)[C@@H](O)[C@H](O)[C@H]8O)[C@H]7O)[C@H](O)[C@H]6O)[C@H](O)C[C@@]54C)C3[C@@H]1O)[C@@H]2C. The molecule has 0 aromatic carbocycles. The van der Waals surface area contributed by atoms with E-state index in [1.54, 1.807) is 0 Å². The largest absolute Gasteiger partial charge is 0.394 e. The number of aliphatic hydroxyl groups excluding tert-OH is 17. The van der Waals surface area contributed by atoms with Gasteiger partial charge in [0, 0.05) is 12.3 Å². The third kappa shape index (κ3) is 11.3. The molecule has 0 radical (unpaired) electrons. The molecule has 4 aliphatic carbocycles. The van der Waals surface area contributed by atoms with Gasteiger partial charge in [0.25, 0.3) is 0 Å². The molecule has 1 spiro atoms. The molecule has 7 heterocycles. The number of ether oxygens (including phenoxy) is 12. The summed E-state index contributed by atoms with van der Waals surface area (Å²) >= 11 is 0. The van der Waals surface area contributed by atoms with Gasteiger partial charge in [-0.25, -0.2) is 0 Å². The molecule has 11 rings (SSSR count). The quantitative estimate of drug-likeness (QED) is 0.0567. The van der Waals surface area contributed by atoms with Gasteiger partial charge in [-0.1, -0.05) is 20.8 Å². The van der Waals surface area contributed by atoms with Crippen LogP contribution in [0.3, 0.4) is 0 Å². The first-order valence-corrected chi connectivity index (χ1v) is 30.2. The highest BCUT2D eigenvalue weighted by atomic mass is 16.8. The third-order valence-electron chi connectivity index (χ3n) is 21.7. The van der Waals surface area contributed by atoms with Crippen molar-refractivity contribution in [1.82, 2.24) is 0 Å². The Morgan fingerprint density at radius 2 is 1.11 bits per heavy atom. The van der Waals surface area contributed by atoms with Crippen LogP contribution in [0.5, 0.6) is 0 Å². The minimum absolute atomic E-state index is 0.0343. The first kappa shape index (κ1) is 65.3. The Morgan fingerprint density at radius 3 is 1.79 bits per heavy atom. The van der Waals surface area contributed by atoms with E-state index in [4.69, 9.17) is 56.8 Å². The minimum Gasteiger partial charge on any atom is -0.394 e. The third-order valence-corrected chi connectivity index (χ3v) is 21.7. The topological polar surface area (TPSA) is 475 Å². The average molecular weight is 1230 g/mol. The van der Waals surface area contributed by atoms with Gasteiger partial charge < -0.3 is 149 Å². The fraction of sp³-hybridized carbons (Fsp3) is 1.00. The molecule has 30 heteroatoms. The zero-order valence-electron chi connectivity index (χ0n) is 47.6. The van der Waals surface area contributed by atoms with Gasteiger partial charge in [-0.2, -0.15) is 0 Å². The summed E-state index contributed by atoms with van der Waals surface area (Å²) in [7, 11) is 0. The minimum atomic E-state index is -3.44. The molecule has 0 amide bonds. The Labute approximate surface area is 489 Å². The Bertz CT molecular complexity index is 2220. The molecule has 0 bridgehead atoms. The van der Waals surface area contributed by atoms with Gasteiger partial charge in [-0.15, -0.1) is 0 Å². The molecule has 11 fully saturated rings. The van der Waals surface area contributed by atoms with Gasteiger partial charge in [0.15, 0.2) is 43.3 Å². The molecular formula is C55H90O30. The van der Waals surface area contributed by atoms with Gasteiger partial charge >= 0.3 is 0 Å². The van der Waals surface area contributed by atoms with Crippen molar-refractivity contribution in [2.75, 3.05) is 39.6 Å². The average Bonchev–Trinajstić information content (AvgIpc) is 1.67. The van der Waals surface area contributed by atoms with E-state index >= 15 is 0 Å². The fourth-order valence-corrected chi connectivity index (χ4v) is 16.9. The summed E-state index contributed by atoms with van der Waals surface area (Å²) in [5.41, 5.74) is -0.352. The van der Waals surface area contributed by atoms with Crippen LogP contribution in [-0.4, -0.2) is 309 Å². The second-order valence-electron chi connectivity index (χ2n) is 26.4. The lowest BCUT2D eigenvalue weighted by Crippen LogP contribution is -2.73. The lowest BCUT2D eigenvalue weighted by Gasteiger charge is -2.60. The van der Waals surface area contributed by atoms with E-state index in [0.29, 0.717) is 25.4 Å². The number of aliphatic hydroxyl groups is 18. The van der Waals surface area contributed by atoms with E-state index in [0.717, 1.165) is 38.5 Å². The van der Waals surface area contributed by atoms with Crippen molar-refractivity contribution in [3.05, 3.63) is 0 Å². The predicted molar refractivity (Wildman–Crippen MR) is 274 cm³/mol. The monoisotopic (exact) mass is 1230 g/mol. The van der Waals surface area contributed by atoms with Crippen LogP contribution < -0.4 is 0 Å². The molecule has 30 nitrogen and oxygen atoms in total. The van der Waals surface area contributed by atoms with Crippen LogP contribution in [0.25, 0.3) is 0 Å². The molecule has 490 valence electrons. The van der Waals surface area contributed by atoms with E-state index in [1.165, 1.54) is 0 Å². The van der Waals surface area contributed by atoms with Crippen LogP contribution in [-0.2, 0) is 56.8 Å². The summed E-state index contributed by atoms with van der Waals surface area (Å²) in [4.78, 5) is 0. The molecule has 0 aromatic heterocycles. The molecule has 0 aromatic rings. The van der Waals surface area contributed by atoms with Gasteiger partial charge in [0.2, 0.25) is 5.79 Å². The van der Waals surface area contributed by atoms with Crippen molar-refractivity contribution in [3.8, 4) is 0 Å². The standard InChI is InChI=1S/C55H90O30/c1-18-8-9-54(75-16-18)19(2)31-22-6-7-23-21(32(22)36(65)43(31)84-54)5-4-20-10-26(24(60)11-53(20,23)3)76-49-41(70)38(67)42(29(14-58)79-49)81-51-45(44(35(64)28(13-57)78-51)82-48-39(68)33(62)25(61)17-74-48)83-52-47(72)55(73,46(71)30(15-59)80-52)85-50-40(69)37(66)34(63)27(12-56)77-50/h18-52,56-73H,4-17H2,1-3H3/t18-,19+,20+,21-,22?,23+,24-,25-,26-,27-,28-,29-,30-,31-,32?,33+,34-,35-,36+,37+,38-,39-,40-,41-,42+,43-,44+,45-,46+,47+,48+,49-,50+,51+,52+,53+,54-,55+/m1/s1. The van der Waals surface area contributed by atoms with E-state index in [9.17, 15) is 91.9 Å². The highest BCUT2D eigenvalue weighted by Crippen LogP contribution is 2.67. The molecular weight excluding hydrogens is 1140 g/mol. The second-order valence-corrected chi connectivity index (χ2v) is 26.4. The number of hydrogen-bond acceptors (Lipinski definition) is 30. The molecule has 18 N–H and O–H groups in total. The molecule has 11 aliphatic rings. The Kier molecular flexibility index (Phi) is 19.5. The maximum atomic E-state index is 12.1. The van der Waals surface area contributed by atoms with Crippen molar-refractivity contribution >= 4 is 0 Å². The summed E-state index contributed by atoms with van der Waals surface area (Å²) in [5.74, 6) is -2.63. The highest BCUT2D eigenvalue weighted by Gasteiger charge is 2.69. The van der Waals surface area contributed by atoms with Crippen LogP contribution in [0, 0.1) is 52.8 Å². The van der Waals surface area contributed by atoms with E-state index in [1.807, 2.05) is 0 Å². The maximum Gasteiger partial charge on any atom is 0.229 e. The van der Waals surface area contributed by atoms with E-state index < -0.39 is 204 Å². The predicted octanol–water partition coefficient (Wildman–Crippen LogP) is -7.57. The molecule has 85 heavy (non-hydrogen) atoms. The first-order valence-electron chi connectivity index (χ1n) is 30.2. The van der Waals surface area contributed by atoms with Crippen LogP contribution in [0.1, 0.15) is 72.1 Å². The normalized spacial score (nSPS) is 58.1. The first-order chi connectivity index (χ1) is 40.3. The maximum absolute atomic E-state index is 12.1. The smallest absolute Gasteiger partial charge is 0.229 e. The van der Waals surface area contributed by atoms with Crippen molar-refractivity contribution in [1.29, 1.82) is 0 Å². The number of fused-ring (bicyclic) bond motifs is 7. The summed E-state index contributed by atoms with van der Waals surface area (Å²) < 4.78 is 71.9. The second kappa shape index (κ2) is 25.4. The summed E-state index contributed by atoms with van der Waals surface area (Å²) in [6.45, 7) is 2.48. The number of rotatable bonds is 14. The van der Waals surface area contributed by atoms with Gasteiger partial charge in [-0.05, 0) is 91.8 Å². The van der Waals surface area contributed by atoms with Crippen LogP contribution >= 0.6 is 0 Å². The zero-order chi connectivity index (χ0) is 61.1. The molecule has 7 aliphatic heterocycles. The molecule has 2 unspecified atom stereocenters. The Balaban J connectivity index is 0.801. The van der Waals surface area contributed by atoms with Crippen molar-refractivity contribution < 1.29 is 149 Å². The zero-order valence-corrected chi connectivity index (χ0v) is 47.6. The van der Waals surface area contributed by atoms with E-state index in [2.05, 4.69) is 20.8 Å². The lowest BCUT2D eigenvalue weighted by atomic mass is 9.46. The Hall–Kier alpha value is -1.20. The van der Waals surface area contributed by atoms with Crippen molar-refractivity contribution in [2.45, 2.75) is 249 Å². The summed E-state index contributed by atoms with van der Waals surface area (Å²) in [6.07, 6.45) is -43.7. The van der Waals surface area contributed by atoms with Crippen LogP contribution in [0.2, 0.25) is 0 Å². The molecule has 38 atom stereocenters. The fourth-order valence-electron chi connectivity index (χ4n) is 16.9. The lowest BCUT2D eigenvalue weighted by molar-refractivity contribution is -0.455. The molecule has 7 saturated heterocycles.